The van der Waals surface area contributed by atoms with E-state index >= 15 is 0 Å². The van der Waals surface area contributed by atoms with E-state index in [1.807, 2.05) is 24.3 Å². The van der Waals surface area contributed by atoms with E-state index < -0.39 is 12.1 Å². The van der Waals surface area contributed by atoms with E-state index in [2.05, 4.69) is 0 Å². The zero-order valence-electron chi connectivity index (χ0n) is 15.4. The van der Waals surface area contributed by atoms with Gasteiger partial charge in [0, 0.05) is 5.56 Å². The molecule has 0 aliphatic heterocycles. The van der Waals surface area contributed by atoms with Crippen LogP contribution in [0.1, 0.15) is 27.6 Å². The second-order valence-corrected chi connectivity index (χ2v) is 6.04. The summed E-state index contributed by atoms with van der Waals surface area (Å²) in [5.41, 5.74) is 0.729. The van der Waals surface area contributed by atoms with E-state index in [4.69, 9.17) is 14.2 Å². The van der Waals surface area contributed by atoms with Gasteiger partial charge in [-0.05, 0) is 54.1 Å². The number of Topliss-reactive ketones (excluding diaryl/α,β-unsaturated/α-hetero) is 1. The van der Waals surface area contributed by atoms with E-state index in [1.165, 1.54) is 7.11 Å². The van der Waals surface area contributed by atoms with Gasteiger partial charge in [-0.1, -0.05) is 24.3 Å². The van der Waals surface area contributed by atoms with Gasteiger partial charge in [-0.2, -0.15) is 0 Å². The van der Waals surface area contributed by atoms with Crippen LogP contribution in [-0.2, 0) is 4.74 Å². The molecular weight excluding hydrogens is 344 g/mol. The van der Waals surface area contributed by atoms with Crippen LogP contribution < -0.4 is 9.47 Å². The Labute approximate surface area is 157 Å². The molecule has 0 saturated heterocycles. The van der Waals surface area contributed by atoms with Crippen molar-refractivity contribution in [3.63, 3.8) is 0 Å². The van der Waals surface area contributed by atoms with E-state index in [0.29, 0.717) is 17.1 Å². The molecule has 0 N–H and O–H groups in total. The van der Waals surface area contributed by atoms with Crippen LogP contribution in [0.2, 0.25) is 0 Å². The molecule has 0 bridgehead atoms. The zero-order valence-corrected chi connectivity index (χ0v) is 15.4. The van der Waals surface area contributed by atoms with Crippen LogP contribution in [0.4, 0.5) is 0 Å². The lowest BCUT2D eigenvalue weighted by atomic mass is 10.1. The monoisotopic (exact) mass is 364 g/mol. The summed E-state index contributed by atoms with van der Waals surface area (Å²) in [4.78, 5) is 25.2. The lowest BCUT2D eigenvalue weighted by Gasteiger charge is -2.15. The van der Waals surface area contributed by atoms with E-state index in [-0.39, 0.29) is 11.3 Å². The van der Waals surface area contributed by atoms with Crippen molar-refractivity contribution in [2.45, 2.75) is 13.0 Å². The fraction of sp³-hybridized carbons (Fsp3) is 0.182. The van der Waals surface area contributed by atoms with Crippen LogP contribution in [0.25, 0.3) is 10.8 Å². The third-order valence-electron chi connectivity index (χ3n) is 4.32. The Morgan fingerprint density at radius 1 is 0.852 bits per heavy atom. The van der Waals surface area contributed by atoms with Crippen LogP contribution in [0.3, 0.4) is 0 Å². The normalized spacial score (nSPS) is 11.7. The number of methoxy groups -OCH3 is 2. The summed E-state index contributed by atoms with van der Waals surface area (Å²) in [6.45, 7) is 1.55. The number of carbonyl (C=O) groups is 2. The molecule has 0 saturated carbocycles. The van der Waals surface area contributed by atoms with Gasteiger partial charge < -0.3 is 14.2 Å². The van der Waals surface area contributed by atoms with Crippen molar-refractivity contribution in [3.05, 3.63) is 71.8 Å². The van der Waals surface area contributed by atoms with Crippen LogP contribution in [0, 0.1) is 0 Å². The lowest BCUT2D eigenvalue weighted by Crippen LogP contribution is -2.24. The summed E-state index contributed by atoms with van der Waals surface area (Å²) >= 11 is 0. The van der Waals surface area contributed by atoms with E-state index in [9.17, 15) is 9.59 Å². The molecule has 1 atom stereocenters. The third kappa shape index (κ3) is 3.92. The molecule has 3 rings (SSSR count). The highest BCUT2D eigenvalue weighted by Gasteiger charge is 2.23. The van der Waals surface area contributed by atoms with Gasteiger partial charge in [0.05, 0.1) is 14.2 Å². The lowest BCUT2D eigenvalue weighted by molar-refractivity contribution is 0.0316. The molecule has 3 aromatic carbocycles. The van der Waals surface area contributed by atoms with Crippen molar-refractivity contribution in [3.8, 4) is 11.5 Å². The number of rotatable bonds is 6. The number of esters is 1. The Morgan fingerprint density at radius 2 is 1.48 bits per heavy atom. The molecule has 0 heterocycles. The van der Waals surface area contributed by atoms with Gasteiger partial charge in [-0.25, -0.2) is 4.79 Å². The van der Waals surface area contributed by atoms with Gasteiger partial charge in [-0.15, -0.1) is 0 Å². The number of ether oxygens (including phenoxy) is 3. The molecule has 0 aromatic heterocycles. The van der Waals surface area contributed by atoms with E-state index in [0.717, 1.165) is 10.8 Å². The van der Waals surface area contributed by atoms with E-state index in [1.54, 1.807) is 50.4 Å². The molecule has 3 aromatic rings. The van der Waals surface area contributed by atoms with Crippen molar-refractivity contribution in [1.29, 1.82) is 0 Å². The first-order valence-corrected chi connectivity index (χ1v) is 8.49. The van der Waals surface area contributed by atoms with Crippen LogP contribution in [-0.4, -0.2) is 32.1 Å². The van der Waals surface area contributed by atoms with Crippen molar-refractivity contribution < 1.29 is 23.8 Å². The number of fused-ring (bicyclic) bond motifs is 1. The Morgan fingerprint density at radius 3 is 2.07 bits per heavy atom. The minimum Gasteiger partial charge on any atom is -0.497 e. The molecule has 0 fully saturated rings. The highest BCUT2D eigenvalue weighted by Crippen LogP contribution is 2.27. The van der Waals surface area contributed by atoms with Crippen LogP contribution >= 0.6 is 0 Å². The largest absolute Gasteiger partial charge is 0.497 e. The minimum atomic E-state index is -0.929. The number of carbonyl (C=O) groups excluding carboxylic acids is 2. The van der Waals surface area contributed by atoms with Crippen molar-refractivity contribution in [2.75, 3.05) is 14.2 Å². The SMILES string of the molecule is COc1ccc(C(=O)[C@H](C)OC(=O)c2cc3ccccc3cc2OC)cc1. The first-order valence-electron chi connectivity index (χ1n) is 8.49. The minimum absolute atomic E-state index is 0.283. The Kier molecular flexibility index (Phi) is 5.41. The summed E-state index contributed by atoms with van der Waals surface area (Å²) in [5, 5.41) is 1.84. The quantitative estimate of drug-likeness (QED) is 0.482. The average Bonchev–Trinajstić information content (AvgIpc) is 2.72. The maximum atomic E-state index is 12.6. The predicted octanol–water partition coefficient (Wildman–Crippen LogP) is 4.29. The first-order chi connectivity index (χ1) is 13.0. The van der Waals surface area contributed by atoms with Crippen molar-refractivity contribution >= 4 is 22.5 Å². The Hall–Kier alpha value is -3.34. The molecule has 27 heavy (non-hydrogen) atoms. The molecule has 0 aliphatic rings. The molecule has 5 heteroatoms. The fourth-order valence-electron chi connectivity index (χ4n) is 2.82. The predicted molar refractivity (Wildman–Crippen MR) is 103 cm³/mol. The van der Waals surface area contributed by atoms with Crippen LogP contribution in [0.5, 0.6) is 11.5 Å². The molecular formula is C22H20O5. The van der Waals surface area contributed by atoms with Gasteiger partial charge in [0.1, 0.15) is 17.1 Å². The summed E-state index contributed by atoms with van der Waals surface area (Å²) in [6.07, 6.45) is -0.929. The number of hydrogen-bond acceptors (Lipinski definition) is 5. The highest BCUT2D eigenvalue weighted by atomic mass is 16.5. The molecule has 5 nitrogen and oxygen atoms in total. The molecule has 0 unspecified atom stereocenters. The maximum absolute atomic E-state index is 12.6. The maximum Gasteiger partial charge on any atom is 0.342 e. The molecule has 0 amide bonds. The fourth-order valence-corrected chi connectivity index (χ4v) is 2.82. The first kappa shape index (κ1) is 18.5. The van der Waals surface area contributed by atoms with Gasteiger partial charge in [0.2, 0.25) is 5.78 Å². The molecule has 0 spiro atoms. The summed E-state index contributed by atoms with van der Waals surface area (Å²) in [7, 11) is 3.05. The van der Waals surface area contributed by atoms with Gasteiger partial charge >= 0.3 is 5.97 Å². The third-order valence-corrected chi connectivity index (χ3v) is 4.32. The standard InChI is InChI=1S/C22H20O5/c1-14(21(23)15-8-10-18(25-2)11-9-15)27-22(24)19-12-16-6-4-5-7-17(16)13-20(19)26-3/h4-14H,1-3H3/t14-/m0/s1. The molecule has 0 radical (unpaired) electrons. The summed E-state index contributed by atoms with van der Waals surface area (Å²) < 4.78 is 15.8. The summed E-state index contributed by atoms with van der Waals surface area (Å²) in [5.74, 6) is 0.164. The zero-order chi connectivity index (χ0) is 19.4. The second kappa shape index (κ2) is 7.91. The second-order valence-electron chi connectivity index (χ2n) is 6.04. The topological polar surface area (TPSA) is 61.8 Å². The Balaban J connectivity index is 1.81. The number of benzene rings is 3. The number of hydrogen-bond donors (Lipinski definition) is 0. The van der Waals surface area contributed by atoms with Gasteiger partial charge in [0.15, 0.2) is 6.10 Å². The Bertz CT molecular complexity index is 976. The molecule has 138 valence electrons. The van der Waals surface area contributed by atoms with Crippen molar-refractivity contribution in [1.82, 2.24) is 0 Å². The molecule has 0 aliphatic carbocycles. The van der Waals surface area contributed by atoms with Gasteiger partial charge in [-0.3, -0.25) is 4.79 Å². The average molecular weight is 364 g/mol. The smallest absolute Gasteiger partial charge is 0.342 e. The van der Waals surface area contributed by atoms with Gasteiger partial charge in [0.25, 0.3) is 0 Å². The summed E-state index contributed by atoms with van der Waals surface area (Å²) in [6, 6.07) is 17.8. The van der Waals surface area contributed by atoms with Crippen LogP contribution in [0.15, 0.2) is 60.7 Å². The van der Waals surface area contributed by atoms with Crippen molar-refractivity contribution in [2.24, 2.45) is 0 Å². The highest BCUT2D eigenvalue weighted by molar-refractivity contribution is 6.03. The number of ketones is 1.